The number of rotatable bonds is 2. The molecule has 0 radical (unpaired) electrons. The number of halogens is 1. The van der Waals surface area contributed by atoms with Crippen LogP contribution in [0.15, 0.2) is 24.3 Å². The lowest BCUT2D eigenvalue weighted by molar-refractivity contribution is 0.0692. The van der Waals surface area contributed by atoms with Gasteiger partial charge in [0.15, 0.2) is 5.69 Å². The summed E-state index contributed by atoms with van der Waals surface area (Å²) < 4.78 is 20.4. The molecule has 0 unspecified atom stereocenters. The van der Waals surface area contributed by atoms with Crippen LogP contribution < -0.4 is 0 Å². The molecule has 15 heavy (non-hydrogen) atoms. The van der Waals surface area contributed by atoms with E-state index in [0.29, 0.717) is 5.56 Å². The minimum Gasteiger partial charge on any atom is -0.476 e. The highest BCUT2D eigenvalue weighted by atomic mass is 32.1. The molecule has 1 N–H and O–H groups in total. The second-order valence-corrected chi connectivity index (χ2v) is 3.31. The molecule has 2 rings (SSSR count). The van der Waals surface area contributed by atoms with Crippen LogP contribution in [-0.2, 0) is 0 Å². The molecule has 2 aromatic rings. The first-order valence-electron chi connectivity index (χ1n) is 4.00. The zero-order valence-electron chi connectivity index (χ0n) is 7.35. The molecule has 0 atom stereocenters. The molecule has 0 saturated heterocycles. The normalized spacial score (nSPS) is 10.2. The first kappa shape index (κ1) is 9.72. The van der Waals surface area contributed by atoms with E-state index in [9.17, 15) is 9.18 Å². The number of benzene rings is 1. The van der Waals surface area contributed by atoms with Crippen molar-refractivity contribution >= 4 is 17.7 Å². The van der Waals surface area contributed by atoms with E-state index >= 15 is 0 Å². The van der Waals surface area contributed by atoms with Crippen LogP contribution in [0.2, 0.25) is 0 Å². The van der Waals surface area contributed by atoms with Crippen LogP contribution in [0.3, 0.4) is 0 Å². The Hall–Kier alpha value is -1.82. The van der Waals surface area contributed by atoms with Crippen LogP contribution in [0, 0.1) is 5.82 Å². The molecule has 0 aliphatic carbocycles. The van der Waals surface area contributed by atoms with E-state index in [0.717, 1.165) is 11.7 Å². The smallest absolute Gasteiger partial charge is 0.357 e. The summed E-state index contributed by atoms with van der Waals surface area (Å²) in [6, 6.07) is 5.59. The van der Waals surface area contributed by atoms with Gasteiger partial charge in [-0.25, -0.2) is 9.18 Å². The number of carboxylic acid groups (broad SMARTS) is 1. The molecule has 0 aliphatic heterocycles. The summed E-state index contributed by atoms with van der Waals surface area (Å²) in [4.78, 5) is 10.8. The van der Waals surface area contributed by atoms with Crippen LogP contribution in [0.25, 0.3) is 11.3 Å². The van der Waals surface area contributed by atoms with Crippen molar-refractivity contribution < 1.29 is 14.3 Å². The third-order valence-electron chi connectivity index (χ3n) is 1.79. The number of hydrogen-bond acceptors (Lipinski definition) is 4. The summed E-state index contributed by atoms with van der Waals surface area (Å²) >= 11 is 0.792. The van der Waals surface area contributed by atoms with Crippen molar-refractivity contribution in [1.82, 2.24) is 8.75 Å². The number of aromatic carboxylic acids is 1. The van der Waals surface area contributed by atoms with E-state index in [-0.39, 0.29) is 11.4 Å². The number of aromatic nitrogens is 2. The van der Waals surface area contributed by atoms with Crippen LogP contribution in [0.5, 0.6) is 0 Å². The van der Waals surface area contributed by atoms with Gasteiger partial charge in [-0.05, 0) is 12.1 Å². The van der Waals surface area contributed by atoms with E-state index in [4.69, 9.17) is 5.11 Å². The summed E-state index contributed by atoms with van der Waals surface area (Å²) in [6.07, 6.45) is 0. The minimum absolute atomic E-state index is 0.148. The Morgan fingerprint density at radius 3 is 2.87 bits per heavy atom. The fourth-order valence-electron chi connectivity index (χ4n) is 1.15. The number of carbonyl (C=O) groups is 1. The fraction of sp³-hybridized carbons (Fsp3) is 0. The number of carboxylic acids is 1. The highest BCUT2D eigenvalue weighted by Gasteiger charge is 2.16. The second kappa shape index (κ2) is 3.74. The maximum atomic E-state index is 12.9. The van der Waals surface area contributed by atoms with E-state index < -0.39 is 11.8 Å². The molecule has 0 aliphatic rings. The first-order valence-corrected chi connectivity index (χ1v) is 4.73. The average molecular weight is 224 g/mol. The Morgan fingerprint density at radius 2 is 2.20 bits per heavy atom. The van der Waals surface area contributed by atoms with Gasteiger partial charge in [0.1, 0.15) is 11.5 Å². The van der Waals surface area contributed by atoms with Crippen molar-refractivity contribution in [3.05, 3.63) is 35.8 Å². The minimum atomic E-state index is -1.16. The molecule has 1 heterocycles. The third-order valence-corrected chi connectivity index (χ3v) is 2.32. The van der Waals surface area contributed by atoms with Gasteiger partial charge in [-0.15, -0.1) is 0 Å². The van der Waals surface area contributed by atoms with Gasteiger partial charge in [-0.3, -0.25) is 0 Å². The van der Waals surface area contributed by atoms with Crippen molar-refractivity contribution in [1.29, 1.82) is 0 Å². The Labute approximate surface area is 88.3 Å². The summed E-state index contributed by atoms with van der Waals surface area (Å²) in [5.74, 6) is -1.60. The first-order chi connectivity index (χ1) is 7.18. The fourth-order valence-corrected chi connectivity index (χ4v) is 1.71. The third kappa shape index (κ3) is 1.84. The van der Waals surface area contributed by atoms with Gasteiger partial charge in [0.05, 0.1) is 11.7 Å². The van der Waals surface area contributed by atoms with E-state index in [2.05, 4.69) is 8.75 Å². The Morgan fingerprint density at radius 1 is 1.40 bits per heavy atom. The van der Waals surface area contributed by atoms with Crippen molar-refractivity contribution in [2.45, 2.75) is 0 Å². The quantitative estimate of drug-likeness (QED) is 0.847. The average Bonchev–Trinajstić information content (AvgIpc) is 2.65. The lowest BCUT2D eigenvalue weighted by Crippen LogP contribution is -1.99. The largest absolute Gasteiger partial charge is 0.476 e. The molecule has 0 spiro atoms. The van der Waals surface area contributed by atoms with Crippen molar-refractivity contribution in [2.75, 3.05) is 0 Å². The van der Waals surface area contributed by atoms with Gasteiger partial charge in [-0.1, -0.05) is 12.1 Å². The highest BCUT2D eigenvalue weighted by molar-refractivity contribution is 6.99. The lowest BCUT2D eigenvalue weighted by atomic mass is 10.1. The maximum absolute atomic E-state index is 12.9. The summed E-state index contributed by atoms with van der Waals surface area (Å²) in [6.45, 7) is 0. The molecule has 6 heteroatoms. The topological polar surface area (TPSA) is 63.1 Å². The molecule has 4 nitrogen and oxygen atoms in total. The summed E-state index contributed by atoms with van der Waals surface area (Å²) in [5, 5.41) is 8.80. The molecular formula is C9H5FN2O2S. The molecule has 0 amide bonds. The zero-order valence-corrected chi connectivity index (χ0v) is 8.16. The van der Waals surface area contributed by atoms with E-state index in [1.54, 1.807) is 6.07 Å². The second-order valence-electron chi connectivity index (χ2n) is 2.78. The predicted octanol–water partition coefficient (Wildman–Crippen LogP) is 2.04. The SMILES string of the molecule is O=C(O)c1nsnc1-c1cccc(F)c1. The van der Waals surface area contributed by atoms with Gasteiger partial charge < -0.3 is 5.11 Å². The van der Waals surface area contributed by atoms with E-state index in [1.165, 1.54) is 18.2 Å². The van der Waals surface area contributed by atoms with Gasteiger partial charge in [0.2, 0.25) is 0 Å². The standard InChI is InChI=1S/C9H5FN2O2S/c10-6-3-1-2-5(4-6)7-8(9(13)14)12-15-11-7/h1-4H,(H,13,14). The number of nitrogens with zero attached hydrogens (tertiary/aromatic N) is 2. The van der Waals surface area contributed by atoms with Gasteiger partial charge in [-0.2, -0.15) is 8.75 Å². The van der Waals surface area contributed by atoms with Crippen LogP contribution >= 0.6 is 11.7 Å². The Balaban J connectivity index is 2.54. The summed E-state index contributed by atoms with van der Waals surface area (Å²) in [5.41, 5.74) is 0.471. The zero-order chi connectivity index (χ0) is 10.8. The monoisotopic (exact) mass is 224 g/mol. The van der Waals surface area contributed by atoms with Gasteiger partial charge >= 0.3 is 5.97 Å². The highest BCUT2D eigenvalue weighted by Crippen LogP contribution is 2.22. The molecule has 0 fully saturated rings. The maximum Gasteiger partial charge on any atom is 0.357 e. The van der Waals surface area contributed by atoms with Crippen molar-refractivity contribution in [3.63, 3.8) is 0 Å². The van der Waals surface area contributed by atoms with E-state index in [1.807, 2.05) is 0 Å². The Bertz CT molecular complexity index is 512. The predicted molar refractivity (Wildman–Crippen MR) is 52.3 cm³/mol. The molecule has 1 aromatic heterocycles. The molecule has 0 saturated carbocycles. The number of hydrogen-bond donors (Lipinski definition) is 1. The van der Waals surface area contributed by atoms with Crippen LogP contribution in [0.4, 0.5) is 4.39 Å². The summed E-state index contributed by atoms with van der Waals surface area (Å²) in [7, 11) is 0. The van der Waals surface area contributed by atoms with Gasteiger partial charge in [0.25, 0.3) is 0 Å². The van der Waals surface area contributed by atoms with Crippen molar-refractivity contribution in [3.8, 4) is 11.3 Å². The molecule has 1 aromatic carbocycles. The van der Waals surface area contributed by atoms with Crippen molar-refractivity contribution in [2.24, 2.45) is 0 Å². The lowest BCUT2D eigenvalue weighted by Gasteiger charge is -1.97. The molecule has 76 valence electrons. The van der Waals surface area contributed by atoms with Crippen LogP contribution in [0.1, 0.15) is 10.5 Å². The molecule has 0 bridgehead atoms. The van der Waals surface area contributed by atoms with Gasteiger partial charge in [0, 0.05) is 5.56 Å². The van der Waals surface area contributed by atoms with Crippen LogP contribution in [-0.4, -0.2) is 19.8 Å². The Kier molecular flexibility index (Phi) is 2.42. The molecular weight excluding hydrogens is 219 g/mol.